The predicted octanol–water partition coefficient (Wildman–Crippen LogP) is 2.45. The maximum absolute atomic E-state index is 12.2. The van der Waals surface area contributed by atoms with Crippen LogP contribution in [0.1, 0.15) is 38.7 Å². The van der Waals surface area contributed by atoms with E-state index in [0.717, 1.165) is 69.3 Å². The van der Waals surface area contributed by atoms with Crippen molar-refractivity contribution in [1.29, 1.82) is 0 Å². The molecule has 1 aromatic rings. The largest absolute Gasteiger partial charge is 0.374 e. The van der Waals surface area contributed by atoms with Gasteiger partial charge in [-0.25, -0.2) is 0 Å². The Balaban J connectivity index is 1.42. The second-order valence-electron chi connectivity index (χ2n) is 8.77. The van der Waals surface area contributed by atoms with Crippen LogP contribution < -0.4 is 16.0 Å². The number of guanidine groups is 1. The lowest BCUT2D eigenvalue weighted by atomic mass is 9.85. The topological polar surface area (TPSA) is 78.0 Å². The Hall–Kier alpha value is -2.12. The van der Waals surface area contributed by atoms with Crippen LogP contribution in [0, 0.1) is 11.8 Å². The summed E-state index contributed by atoms with van der Waals surface area (Å²) in [7, 11) is 1.78. The molecule has 0 radical (unpaired) electrons. The van der Waals surface area contributed by atoms with Crippen molar-refractivity contribution in [2.24, 2.45) is 16.8 Å². The molecular formula is C23H37N5O2. The highest BCUT2D eigenvalue weighted by atomic mass is 16.5. The Bertz CT molecular complexity index is 717. The van der Waals surface area contributed by atoms with Crippen LogP contribution in [0.4, 0.5) is 5.69 Å². The lowest BCUT2D eigenvalue weighted by molar-refractivity contribution is -0.122. The first-order valence-electron chi connectivity index (χ1n) is 11.2. The molecule has 1 aliphatic heterocycles. The molecular weight excluding hydrogens is 378 g/mol. The van der Waals surface area contributed by atoms with Crippen molar-refractivity contribution in [3.8, 4) is 0 Å². The lowest BCUT2D eigenvalue weighted by Gasteiger charge is -2.34. The van der Waals surface area contributed by atoms with Crippen molar-refractivity contribution >= 4 is 17.6 Å². The van der Waals surface area contributed by atoms with E-state index in [9.17, 15) is 4.79 Å². The number of amides is 1. The van der Waals surface area contributed by atoms with Gasteiger partial charge in [0.05, 0.1) is 12.7 Å². The van der Waals surface area contributed by atoms with Gasteiger partial charge in [-0.05, 0) is 36.5 Å². The van der Waals surface area contributed by atoms with Crippen molar-refractivity contribution in [2.45, 2.75) is 45.8 Å². The molecule has 166 valence electrons. The van der Waals surface area contributed by atoms with E-state index in [-0.39, 0.29) is 17.9 Å². The number of benzene rings is 1. The Morgan fingerprint density at radius 2 is 2.13 bits per heavy atom. The fraction of sp³-hybridized carbons (Fsp3) is 0.652. The summed E-state index contributed by atoms with van der Waals surface area (Å²) in [6, 6.07) is 7.98. The van der Waals surface area contributed by atoms with E-state index in [4.69, 9.17) is 4.74 Å². The van der Waals surface area contributed by atoms with Gasteiger partial charge in [0.1, 0.15) is 0 Å². The fourth-order valence-corrected chi connectivity index (χ4v) is 3.88. The van der Waals surface area contributed by atoms with E-state index >= 15 is 0 Å². The molecule has 1 saturated heterocycles. The zero-order valence-corrected chi connectivity index (χ0v) is 18.6. The molecule has 0 bridgehead atoms. The summed E-state index contributed by atoms with van der Waals surface area (Å²) < 4.78 is 5.91. The Morgan fingerprint density at radius 1 is 1.30 bits per heavy atom. The van der Waals surface area contributed by atoms with E-state index in [1.807, 2.05) is 24.3 Å². The van der Waals surface area contributed by atoms with Crippen molar-refractivity contribution in [3.05, 3.63) is 29.8 Å². The van der Waals surface area contributed by atoms with Crippen molar-refractivity contribution in [2.75, 3.05) is 45.2 Å². The molecule has 2 aliphatic rings. The molecule has 0 spiro atoms. The molecule has 0 aromatic heterocycles. The minimum absolute atomic E-state index is 0.142. The van der Waals surface area contributed by atoms with Crippen molar-refractivity contribution in [3.63, 3.8) is 0 Å². The maximum Gasteiger partial charge on any atom is 0.227 e. The molecule has 7 heteroatoms. The Kier molecular flexibility index (Phi) is 8.51. The molecule has 1 amide bonds. The van der Waals surface area contributed by atoms with Crippen LogP contribution in [0.15, 0.2) is 29.3 Å². The van der Waals surface area contributed by atoms with Gasteiger partial charge in [-0.2, -0.15) is 0 Å². The molecule has 1 aliphatic carbocycles. The first kappa shape index (κ1) is 22.6. The first-order valence-corrected chi connectivity index (χ1v) is 11.2. The number of anilines is 1. The molecule has 30 heavy (non-hydrogen) atoms. The quantitative estimate of drug-likeness (QED) is 0.449. The minimum atomic E-state index is 0.142. The van der Waals surface area contributed by atoms with Crippen LogP contribution in [0.25, 0.3) is 0 Å². The van der Waals surface area contributed by atoms with Gasteiger partial charge in [0.15, 0.2) is 5.96 Å². The van der Waals surface area contributed by atoms with Crippen LogP contribution in [-0.2, 0) is 16.1 Å². The van der Waals surface area contributed by atoms with Gasteiger partial charge in [-0.3, -0.25) is 14.7 Å². The summed E-state index contributed by atoms with van der Waals surface area (Å²) in [4.78, 5) is 19.0. The van der Waals surface area contributed by atoms with Gasteiger partial charge in [0.25, 0.3) is 0 Å². The molecule has 1 heterocycles. The van der Waals surface area contributed by atoms with Crippen LogP contribution in [0.3, 0.4) is 0 Å². The zero-order valence-electron chi connectivity index (χ0n) is 18.6. The summed E-state index contributed by atoms with van der Waals surface area (Å²) in [6.45, 7) is 9.72. The number of nitrogens with zero attached hydrogens (tertiary/aromatic N) is 2. The molecule has 3 N–H and O–H groups in total. The SMILES string of the molecule is CN=C(NCc1cccc(NC(=O)C2CCC2)c1)NCC1CN(CC(C)C)CCO1. The number of hydrogen-bond donors (Lipinski definition) is 3. The number of hydrogen-bond acceptors (Lipinski definition) is 4. The second-order valence-corrected chi connectivity index (χ2v) is 8.77. The molecule has 1 unspecified atom stereocenters. The fourth-order valence-electron chi connectivity index (χ4n) is 3.88. The molecule has 3 rings (SSSR count). The van der Waals surface area contributed by atoms with Gasteiger partial charge in [0.2, 0.25) is 5.91 Å². The first-order chi connectivity index (χ1) is 14.5. The Morgan fingerprint density at radius 3 is 2.83 bits per heavy atom. The smallest absolute Gasteiger partial charge is 0.227 e. The highest BCUT2D eigenvalue weighted by molar-refractivity contribution is 5.93. The summed E-state index contributed by atoms with van der Waals surface area (Å²) in [5, 5.41) is 9.77. The number of carbonyl (C=O) groups is 1. The zero-order chi connectivity index (χ0) is 21.3. The second kappa shape index (κ2) is 11.3. The van der Waals surface area contributed by atoms with Gasteiger partial charge >= 0.3 is 0 Å². The monoisotopic (exact) mass is 415 g/mol. The van der Waals surface area contributed by atoms with E-state index < -0.39 is 0 Å². The molecule has 1 atom stereocenters. The molecule has 2 fully saturated rings. The predicted molar refractivity (Wildman–Crippen MR) is 122 cm³/mol. The standard InChI is InChI=1S/C23H37N5O2/c1-17(2)15-28-10-11-30-21(16-28)14-26-23(24-3)25-13-18-6-4-9-20(12-18)27-22(29)19-7-5-8-19/h4,6,9,12,17,19,21H,5,7-8,10-11,13-16H2,1-3H3,(H,27,29)(H2,24,25,26). The summed E-state index contributed by atoms with van der Waals surface area (Å²) in [5.74, 6) is 1.75. The number of carbonyl (C=O) groups excluding carboxylic acids is 1. The van der Waals surface area contributed by atoms with Gasteiger partial charge in [0, 0.05) is 51.4 Å². The molecule has 1 saturated carbocycles. The van der Waals surface area contributed by atoms with Crippen LogP contribution in [0.5, 0.6) is 0 Å². The van der Waals surface area contributed by atoms with Gasteiger partial charge in [-0.15, -0.1) is 0 Å². The van der Waals surface area contributed by atoms with Crippen molar-refractivity contribution in [1.82, 2.24) is 15.5 Å². The van der Waals surface area contributed by atoms with Gasteiger partial charge < -0.3 is 20.7 Å². The number of morpholine rings is 1. The average Bonchev–Trinajstić information content (AvgIpc) is 2.67. The third-order valence-corrected chi connectivity index (χ3v) is 5.70. The van der Waals surface area contributed by atoms with E-state index in [1.54, 1.807) is 7.05 Å². The number of nitrogens with one attached hydrogen (secondary N) is 3. The highest BCUT2D eigenvalue weighted by Gasteiger charge is 2.25. The van der Waals surface area contributed by atoms with E-state index in [1.165, 1.54) is 0 Å². The van der Waals surface area contributed by atoms with Crippen LogP contribution in [-0.4, -0.2) is 62.7 Å². The highest BCUT2D eigenvalue weighted by Crippen LogP contribution is 2.27. The van der Waals surface area contributed by atoms with Crippen LogP contribution in [0.2, 0.25) is 0 Å². The van der Waals surface area contributed by atoms with E-state index in [0.29, 0.717) is 12.5 Å². The summed E-state index contributed by atoms with van der Waals surface area (Å²) in [5.41, 5.74) is 1.95. The maximum atomic E-state index is 12.2. The third-order valence-electron chi connectivity index (χ3n) is 5.70. The molecule has 1 aromatic carbocycles. The number of ether oxygens (including phenoxy) is 1. The number of aliphatic imine (C=N–C) groups is 1. The lowest BCUT2D eigenvalue weighted by Crippen LogP contribution is -2.50. The van der Waals surface area contributed by atoms with Crippen molar-refractivity contribution < 1.29 is 9.53 Å². The third kappa shape index (κ3) is 6.99. The summed E-state index contributed by atoms with van der Waals surface area (Å²) in [6.07, 6.45) is 3.35. The minimum Gasteiger partial charge on any atom is -0.374 e. The average molecular weight is 416 g/mol. The molecule has 7 nitrogen and oxygen atoms in total. The Labute approximate surface area is 180 Å². The van der Waals surface area contributed by atoms with E-state index in [2.05, 4.69) is 39.7 Å². The summed E-state index contributed by atoms with van der Waals surface area (Å²) >= 11 is 0. The normalized spacial score (nSPS) is 20.7. The van der Waals surface area contributed by atoms with Gasteiger partial charge in [-0.1, -0.05) is 32.4 Å². The number of rotatable bonds is 8. The van der Waals surface area contributed by atoms with Crippen LogP contribution >= 0.6 is 0 Å².